The van der Waals surface area contributed by atoms with E-state index in [-0.39, 0.29) is 12.4 Å². The van der Waals surface area contributed by atoms with E-state index in [0.29, 0.717) is 37.6 Å². The van der Waals surface area contributed by atoms with Crippen LogP contribution in [0.4, 0.5) is 0 Å². The van der Waals surface area contributed by atoms with Gasteiger partial charge in [0.1, 0.15) is 5.75 Å². The quantitative estimate of drug-likeness (QED) is 0.299. The Balaban J connectivity index is 1.30. The summed E-state index contributed by atoms with van der Waals surface area (Å²) in [5, 5.41) is 13.5. The molecule has 0 radical (unpaired) electrons. The van der Waals surface area contributed by atoms with Gasteiger partial charge in [0.15, 0.2) is 17.3 Å². The van der Waals surface area contributed by atoms with Crippen LogP contribution in [0.5, 0.6) is 17.2 Å². The number of pyridine rings is 1. The average Bonchev–Trinajstić information content (AvgIpc) is 3.61. The van der Waals surface area contributed by atoms with E-state index in [1.54, 1.807) is 11.8 Å². The zero-order valence-electron chi connectivity index (χ0n) is 22.7. The molecule has 0 unspecified atom stereocenters. The number of benzene rings is 3. The van der Waals surface area contributed by atoms with Gasteiger partial charge in [-0.05, 0) is 82.2 Å². The number of H-pyrrole nitrogens is 1. The van der Waals surface area contributed by atoms with Crippen LogP contribution in [0.3, 0.4) is 0 Å². The minimum absolute atomic E-state index is 0.102. The zero-order chi connectivity index (χ0) is 27.6. The van der Waals surface area contributed by atoms with E-state index in [0.717, 1.165) is 50.4 Å². The summed E-state index contributed by atoms with van der Waals surface area (Å²) < 4.78 is 18.1. The van der Waals surface area contributed by atoms with Crippen LogP contribution in [-0.4, -0.2) is 44.0 Å². The summed E-state index contributed by atoms with van der Waals surface area (Å²) >= 11 is 0. The lowest BCUT2D eigenvalue weighted by Gasteiger charge is -2.22. The number of hydrogen-bond acceptors (Lipinski definition) is 8. The van der Waals surface area contributed by atoms with Gasteiger partial charge >= 0.3 is 0 Å². The number of aryl methyl sites for hydroxylation is 2. The van der Waals surface area contributed by atoms with E-state index in [9.17, 15) is 4.79 Å². The van der Waals surface area contributed by atoms with Gasteiger partial charge in [0.25, 0.3) is 5.56 Å². The van der Waals surface area contributed by atoms with Crippen LogP contribution >= 0.6 is 0 Å². The Kier molecular flexibility index (Phi) is 6.91. The van der Waals surface area contributed by atoms with Crippen LogP contribution in [0.2, 0.25) is 0 Å². The molecule has 0 amide bonds. The minimum Gasteiger partial charge on any atom is -0.497 e. The third kappa shape index (κ3) is 5.26. The fraction of sp³-hybridized carbons (Fsp3) is 0.267. The molecule has 0 fully saturated rings. The number of rotatable bonds is 9. The standard InChI is InChI=1S/C30H30N6O4/c1-19-4-8-23-13-24(30(37)31-29(23)20(19)2)16-35(14-22-7-11-26-27(12-22)40-18-39-26)17-28-32-33-34-36(28)15-21-5-9-25(38-3)10-6-21/h4-13H,14-18H2,1-3H3,(H,31,37). The molecule has 40 heavy (non-hydrogen) atoms. The summed E-state index contributed by atoms with van der Waals surface area (Å²) in [7, 11) is 1.64. The van der Waals surface area contributed by atoms with Crippen molar-refractivity contribution in [2.45, 2.75) is 40.0 Å². The number of fused-ring (bicyclic) bond motifs is 2. The number of nitrogens with one attached hydrogen (secondary N) is 1. The number of tetrazole rings is 1. The Hall–Kier alpha value is -4.70. The molecule has 5 aromatic rings. The van der Waals surface area contributed by atoms with Crippen LogP contribution < -0.4 is 19.8 Å². The van der Waals surface area contributed by atoms with Crippen molar-refractivity contribution in [1.82, 2.24) is 30.1 Å². The lowest BCUT2D eigenvalue weighted by Crippen LogP contribution is -2.28. The number of ether oxygens (including phenoxy) is 3. The van der Waals surface area contributed by atoms with Crippen LogP contribution in [-0.2, 0) is 26.2 Å². The smallest absolute Gasteiger partial charge is 0.252 e. The molecule has 0 spiro atoms. The summed E-state index contributed by atoms with van der Waals surface area (Å²) in [6.45, 7) is 6.19. The van der Waals surface area contributed by atoms with Crippen LogP contribution in [0.25, 0.3) is 10.9 Å². The van der Waals surface area contributed by atoms with Crippen molar-refractivity contribution >= 4 is 10.9 Å². The topological polar surface area (TPSA) is 107 Å². The largest absolute Gasteiger partial charge is 0.497 e. The molecule has 0 bridgehead atoms. The van der Waals surface area contributed by atoms with Crippen molar-refractivity contribution in [1.29, 1.82) is 0 Å². The van der Waals surface area contributed by atoms with Gasteiger partial charge in [-0.25, -0.2) is 4.68 Å². The first-order chi connectivity index (χ1) is 19.5. The first-order valence-corrected chi connectivity index (χ1v) is 13.1. The van der Waals surface area contributed by atoms with Crippen molar-refractivity contribution < 1.29 is 14.2 Å². The third-order valence-electron chi connectivity index (χ3n) is 7.33. The van der Waals surface area contributed by atoms with Gasteiger partial charge in [0.2, 0.25) is 6.79 Å². The monoisotopic (exact) mass is 538 g/mol. The number of aromatic amines is 1. The van der Waals surface area contributed by atoms with Gasteiger partial charge in [0, 0.05) is 18.7 Å². The third-order valence-corrected chi connectivity index (χ3v) is 7.33. The highest BCUT2D eigenvalue weighted by atomic mass is 16.7. The van der Waals surface area contributed by atoms with Gasteiger partial charge in [-0.2, -0.15) is 0 Å². The van der Waals surface area contributed by atoms with Gasteiger partial charge < -0.3 is 19.2 Å². The predicted molar refractivity (Wildman–Crippen MR) is 149 cm³/mol. The minimum atomic E-state index is -0.102. The Morgan fingerprint density at radius 3 is 2.58 bits per heavy atom. The molecule has 0 aliphatic carbocycles. The molecule has 0 saturated carbocycles. The predicted octanol–water partition coefficient (Wildman–Crippen LogP) is 4.12. The lowest BCUT2D eigenvalue weighted by atomic mass is 10.0. The highest BCUT2D eigenvalue weighted by molar-refractivity contribution is 5.83. The molecule has 10 heteroatoms. The highest BCUT2D eigenvalue weighted by Crippen LogP contribution is 2.33. The highest BCUT2D eigenvalue weighted by Gasteiger charge is 2.19. The molecule has 6 rings (SSSR count). The Morgan fingerprint density at radius 2 is 1.75 bits per heavy atom. The second-order valence-electron chi connectivity index (χ2n) is 10.0. The maximum Gasteiger partial charge on any atom is 0.252 e. The molecule has 3 aromatic carbocycles. The van der Waals surface area contributed by atoms with E-state index < -0.39 is 0 Å². The van der Waals surface area contributed by atoms with Crippen molar-refractivity contribution in [3.63, 3.8) is 0 Å². The molecule has 204 valence electrons. The van der Waals surface area contributed by atoms with Crippen molar-refractivity contribution in [2.75, 3.05) is 13.9 Å². The molecule has 0 saturated heterocycles. The number of methoxy groups -OCH3 is 1. The summed E-state index contributed by atoms with van der Waals surface area (Å²) in [6.07, 6.45) is 0. The normalized spacial score (nSPS) is 12.4. The molecule has 1 aliphatic heterocycles. The van der Waals surface area contributed by atoms with Crippen molar-refractivity contribution in [2.24, 2.45) is 0 Å². The van der Waals surface area contributed by atoms with E-state index in [1.165, 1.54) is 0 Å². The van der Waals surface area contributed by atoms with Crippen LogP contribution in [0.15, 0.2) is 65.5 Å². The average molecular weight is 539 g/mol. The first kappa shape index (κ1) is 25.6. The SMILES string of the molecule is COc1ccc(Cn2nnnc2CN(Cc2ccc3c(c2)OCO3)Cc2cc3ccc(C)c(C)c3[nH]c2=O)cc1. The maximum absolute atomic E-state index is 13.2. The van der Waals surface area contributed by atoms with E-state index in [4.69, 9.17) is 14.2 Å². The van der Waals surface area contributed by atoms with E-state index in [1.807, 2.05) is 62.4 Å². The molecule has 1 N–H and O–H groups in total. The number of nitrogens with zero attached hydrogens (tertiary/aromatic N) is 5. The molecule has 10 nitrogen and oxygen atoms in total. The van der Waals surface area contributed by atoms with E-state index in [2.05, 4.69) is 37.5 Å². The number of hydrogen-bond donors (Lipinski definition) is 1. The van der Waals surface area contributed by atoms with E-state index >= 15 is 0 Å². The number of aromatic nitrogens is 5. The Bertz CT molecular complexity index is 1730. The second-order valence-corrected chi connectivity index (χ2v) is 10.0. The fourth-order valence-electron chi connectivity index (χ4n) is 4.96. The Morgan fingerprint density at radius 1 is 0.950 bits per heavy atom. The maximum atomic E-state index is 13.2. The fourth-order valence-corrected chi connectivity index (χ4v) is 4.96. The van der Waals surface area contributed by atoms with Gasteiger partial charge in [-0.3, -0.25) is 9.69 Å². The van der Waals surface area contributed by atoms with Gasteiger partial charge in [0.05, 0.1) is 25.7 Å². The molecule has 1 aliphatic rings. The molecular formula is C30H30N6O4. The molecule has 2 aromatic heterocycles. The van der Waals surface area contributed by atoms with Gasteiger partial charge in [-0.1, -0.05) is 30.3 Å². The molecule has 3 heterocycles. The van der Waals surface area contributed by atoms with Crippen LogP contribution in [0, 0.1) is 13.8 Å². The Labute approximate surface area is 231 Å². The van der Waals surface area contributed by atoms with Crippen molar-refractivity contribution in [3.05, 3.63) is 105 Å². The summed E-state index contributed by atoms with van der Waals surface area (Å²) in [5.74, 6) is 2.94. The first-order valence-electron chi connectivity index (χ1n) is 13.1. The van der Waals surface area contributed by atoms with Crippen LogP contribution in [0.1, 0.15) is 33.6 Å². The zero-order valence-corrected chi connectivity index (χ0v) is 22.7. The van der Waals surface area contributed by atoms with Crippen molar-refractivity contribution in [3.8, 4) is 17.2 Å². The summed E-state index contributed by atoms with van der Waals surface area (Å²) in [5.41, 5.74) is 5.75. The second kappa shape index (κ2) is 10.8. The summed E-state index contributed by atoms with van der Waals surface area (Å²) in [6, 6.07) is 19.8. The van der Waals surface area contributed by atoms with Gasteiger partial charge in [-0.15, -0.1) is 5.10 Å². The summed E-state index contributed by atoms with van der Waals surface area (Å²) in [4.78, 5) is 18.5. The lowest BCUT2D eigenvalue weighted by molar-refractivity contribution is 0.174. The molecular weight excluding hydrogens is 508 g/mol. The molecule has 0 atom stereocenters.